The first-order valence-electron chi connectivity index (χ1n) is 12.6. The highest BCUT2D eigenvalue weighted by atomic mass is 16.5. The number of alkyl carbamates (subject to hydrolysis) is 1. The van der Waals surface area contributed by atoms with Crippen molar-refractivity contribution in [3.63, 3.8) is 0 Å². The Balaban J connectivity index is 1.04. The Morgan fingerprint density at radius 3 is 2.09 bits per heavy atom. The van der Waals surface area contributed by atoms with Gasteiger partial charge in [0.2, 0.25) is 5.91 Å². The van der Waals surface area contributed by atoms with E-state index in [0.29, 0.717) is 26.1 Å². The van der Waals surface area contributed by atoms with Crippen LogP contribution in [-0.2, 0) is 14.3 Å². The number of aliphatic carboxylic acids is 1. The van der Waals surface area contributed by atoms with Crippen LogP contribution in [0.3, 0.4) is 0 Å². The van der Waals surface area contributed by atoms with Crippen molar-refractivity contribution in [3.8, 4) is 11.1 Å². The van der Waals surface area contributed by atoms with E-state index >= 15 is 0 Å². The third kappa shape index (κ3) is 5.19. The number of benzene rings is 2. The Kier molecular flexibility index (Phi) is 6.75. The summed E-state index contributed by atoms with van der Waals surface area (Å²) in [5.74, 6) is -0.133. The molecule has 2 aliphatic carbocycles. The molecule has 7 heteroatoms. The minimum absolute atomic E-state index is 0.0412. The van der Waals surface area contributed by atoms with Crippen LogP contribution in [0.25, 0.3) is 11.1 Å². The molecule has 0 aromatic heterocycles. The lowest BCUT2D eigenvalue weighted by Gasteiger charge is -2.37. The molecule has 1 saturated carbocycles. The number of rotatable bonds is 7. The van der Waals surface area contributed by atoms with E-state index in [4.69, 9.17) is 9.84 Å². The fourth-order valence-corrected chi connectivity index (χ4v) is 5.84. The number of fused-ring (bicyclic) bond motifs is 3. The van der Waals surface area contributed by atoms with Crippen molar-refractivity contribution < 1.29 is 24.2 Å². The minimum Gasteiger partial charge on any atom is -0.481 e. The van der Waals surface area contributed by atoms with Crippen LogP contribution in [0.2, 0.25) is 0 Å². The molecule has 1 heterocycles. The quantitative estimate of drug-likeness (QED) is 0.617. The number of nitrogens with zero attached hydrogens (tertiary/aromatic N) is 1. The predicted octanol–water partition coefficient (Wildman–Crippen LogP) is 4.41. The third-order valence-corrected chi connectivity index (χ3v) is 7.80. The van der Waals surface area contributed by atoms with Crippen molar-refractivity contribution in [2.24, 2.45) is 11.8 Å². The number of piperidine rings is 1. The van der Waals surface area contributed by atoms with Crippen molar-refractivity contribution in [2.75, 3.05) is 19.7 Å². The van der Waals surface area contributed by atoms with Crippen LogP contribution in [0.4, 0.5) is 4.79 Å². The van der Waals surface area contributed by atoms with E-state index < -0.39 is 12.1 Å². The second kappa shape index (κ2) is 10.1. The SMILES string of the molecule is O=C(O)CC1CCN(C(=O)CC2CC(NC(=O)OCC3c4ccccc4-c4ccccc43)C2)CC1. The van der Waals surface area contributed by atoms with Crippen LogP contribution in [0.5, 0.6) is 0 Å². The average Bonchev–Trinajstić information content (AvgIpc) is 3.15. The third-order valence-electron chi connectivity index (χ3n) is 7.80. The molecule has 7 nitrogen and oxygen atoms in total. The average molecular weight is 477 g/mol. The highest BCUT2D eigenvalue weighted by molar-refractivity contribution is 5.79. The van der Waals surface area contributed by atoms with Gasteiger partial charge in [0.15, 0.2) is 0 Å². The number of carboxylic acid groups (broad SMARTS) is 1. The van der Waals surface area contributed by atoms with Gasteiger partial charge >= 0.3 is 12.1 Å². The van der Waals surface area contributed by atoms with Gasteiger partial charge in [0.25, 0.3) is 0 Å². The fraction of sp³-hybridized carbons (Fsp3) is 0.464. The van der Waals surface area contributed by atoms with Gasteiger partial charge < -0.3 is 20.1 Å². The van der Waals surface area contributed by atoms with Gasteiger partial charge in [-0.3, -0.25) is 9.59 Å². The van der Waals surface area contributed by atoms with Crippen molar-refractivity contribution in [1.29, 1.82) is 0 Å². The molecule has 0 unspecified atom stereocenters. The van der Waals surface area contributed by atoms with Crippen molar-refractivity contribution in [1.82, 2.24) is 10.2 Å². The second-order valence-electron chi connectivity index (χ2n) is 10.1. The molecule has 1 saturated heterocycles. The summed E-state index contributed by atoms with van der Waals surface area (Å²) < 4.78 is 5.63. The second-order valence-corrected chi connectivity index (χ2v) is 10.1. The van der Waals surface area contributed by atoms with Crippen LogP contribution >= 0.6 is 0 Å². The molecule has 2 aromatic carbocycles. The van der Waals surface area contributed by atoms with Gasteiger partial charge in [-0.2, -0.15) is 0 Å². The number of carbonyl (C=O) groups excluding carboxylic acids is 2. The molecule has 5 rings (SSSR count). The standard InChI is InChI=1S/C28H32N2O5/c31-26(30-11-9-18(10-12-30)16-27(32)33)15-19-13-20(14-19)29-28(34)35-17-25-23-7-3-1-5-21(23)22-6-2-4-8-24(22)25/h1-8,18-20,25H,9-17H2,(H,29,34)(H,32,33). The molecule has 2 N–H and O–H groups in total. The van der Waals surface area contributed by atoms with E-state index in [-0.39, 0.29) is 36.1 Å². The lowest BCUT2D eigenvalue weighted by atomic mass is 9.78. The first kappa shape index (κ1) is 23.4. The highest BCUT2D eigenvalue weighted by Crippen LogP contribution is 2.44. The molecule has 184 valence electrons. The maximum Gasteiger partial charge on any atom is 0.407 e. The summed E-state index contributed by atoms with van der Waals surface area (Å²) in [6.07, 6.45) is 3.36. The van der Waals surface area contributed by atoms with Crippen LogP contribution in [0.15, 0.2) is 48.5 Å². The largest absolute Gasteiger partial charge is 0.481 e. The van der Waals surface area contributed by atoms with E-state index in [9.17, 15) is 14.4 Å². The maximum atomic E-state index is 12.6. The van der Waals surface area contributed by atoms with Crippen molar-refractivity contribution in [3.05, 3.63) is 59.7 Å². The molecule has 2 amide bonds. The lowest BCUT2D eigenvalue weighted by Crippen LogP contribution is -2.47. The van der Waals surface area contributed by atoms with E-state index in [0.717, 1.165) is 25.7 Å². The van der Waals surface area contributed by atoms with Crippen LogP contribution < -0.4 is 5.32 Å². The summed E-state index contributed by atoms with van der Waals surface area (Å²) >= 11 is 0. The Morgan fingerprint density at radius 2 is 1.49 bits per heavy atom. The van der Waals surface area contributed by atoms with Gasteiger partial charge in [-0.25, -0.2) is 4.79 Å². The predicted molar refractivity (Wildman–Crippen MR) is 131 cm³/mol. The summed E-state index contributed by atoms with van der Waals surface area (Å²) in [5.41, 5.74) is 4.79. The van der Waals surface area contributed by atoms with E-state index in [1.54, 1.807) is 0 Å². The van der Waals surface area contributed by atoms with Crippen molar-refractivity contribution >= 4 is 18.0 Å². The van der Waals surface area contributed by atoms with E-state index in [1.165, 1.54) is 22.3 Å². The lowest BCUT2D eigenvalue weighted by molar-refractivity contribution is -0.138. The van der Waals surface area contributed by atoms with E-state index in [2.05, 4.69) is 29.6 Å². The van der Waals surface area contributed by atoms with Crippen LogP contribution in [0.1, 0.15) is 55.6 Å². The maximum absolute atomic E-state index is 12.6. The van der Waals surface area contributed by atoms with Gasteiger partial charge in [0.1, 0.15) is 6.61 Å². The first-order chi connectivity index (χ1) is 17.0. The topological polar surface area (TPSA) is 95.9 Å². The van der Waals surface area contributed by atoms with Gasteiger partial charge in [0.05, 0.1) is 0 Å². The summed E-state index contributed by atoms with van der Waals surface area (Å²) in [6, 6.07) is 16.6. The fourth-order valence-electron chi connectivity index (χ4n) is 5.84. The van der Waals surface area contributed by atoms with Crippen molar-refractivity contribution in [2.45, 2.75) is 50.5 Å². The number of ether oxygens (including phenoxy) is 1. The van der Waals surface area contributed by atoms with Gasteiger partial charge in [-0.1, -0.05) is 48.5 Å². The Hall–Kier alpha value is -3.35. The monoisotopic (exact) mass is 476 g/mol. The zero-order valence-corrected chi connectivity index (χ0v) is 19.8. The number of carbonyl (C=O) groups is 3. The van der Waals surface area contributed by atoms with Crippen LogP contribution in [-0.4, -0.2) is 53.7 Å². The van der Waals surface area contributed by atoms with E-state index in [1.807, 2.05) is 29.2 Å². The normalized spacial score (nSPS) is 21.5. The summed E-state index contributed by atoms with van der Waals surface area (Å²) in [7, 11) is 0. The minimum atomic E-state index is -0.765. The molecular formula is C28H32N2O5. The first-order valence-corrected chi connectivity index (χ1v) is 12.6. The number of carboxylic acids is 1. The molecule has 3 aliphatic rings. The number of nitrogens with one attached hydrogen (secondary N) is 1. The molecule has 0 atom stereocenters. The number of amides is 2. The molecule has 2 fully saturated rings. The number of likely N-dealkylation sites (tertiary alicyclic amines) is 1. The van der Waals surface area contributed by atoms with Crippen LogP contribution in [0, 0.1) is 11.8 Å². The Bertz CT molecular complexity index is 1060. The molecular weight excluding hydrogens is 444 g/mol. The Labute approximate surface area is 205 Å². The molecule has 0 bridgehead atoms. The Morgan fingerprint density at radius 1 is 0.886 bits per heavy atom. The zero-order chi connectivity index (χ0) is 24.4. The molecule has 35 heavy (non-hydrogen) atoms. The molecule has 0 spiro atoms. The summed E-state index contributed by atoms with van der Waals surface area (Å²) in [4.78, 5) is 37.8. The van der Waals surface area contributed by atoms with Gasteiger partial charge in [0, 0.05) is 37.9 Å². The summed E-state index contributed by atoms with van der Waals surface area (Å²) in [5, 5.41) is 11.9. The number of hydrogen-bond donors (Lipinski definition) is 2. The zero-order valence-electron chi connectivity index (χ0n) is 19.8. The summed E-state index contributed by atoms with van der Waals surface area (Å²) in [6.45, 7) is 1.59. The molecule has 0 radical (unpaired) electrons. The smallest absolute Gasteiger partial charge is 0.407 e. The molecule has 1 aliphatic heterocycles. The molecule has 2 aromatic rings. The number of hydrogen-bond acceptors (Lipinski definition) is 4. The van der Waals surface area contributed by atoms with Gasteiger partial charge in [-0.15, -0.1) is 0 Å². The van der Waals surface area contributed by atoms with Gasteiger partial charge in [-0.05, 0) is 59.8 Å². The highest BCUT2D eigenvalue weighted by Gasteiger charge is 2.35.